The van der Waals surface area contributed by atoms with Crippen LogP contribution in [-0.4, -0.2) is 23.3 Å². The zero-order valence-electron chi connectivity index (χ0n) is 11.7. The summed E-state index contributed by atoms with van der Waals surface area (Å²) >= 11 is 0. The highest BCUT2D eigenvalue weighted by Gasteiger charge is 2.25. The van der Waals surface area contributed by atoms with Crippen molar-refractivity contribution < 1.29 is 23.4 Å². The van der Waals surface area contributed by atoms with Crippen LogP contribution in [0.15, 0.2) is 47.1 Å². The van der Waals surface area contributed by atoms with Gasteiger partial charge in [0, 0.05) is 12.0 Å². The predicted octanol–water partition coefficient (Wildman–Crippen LogP) is 3.17. The van der Waals surface area contributed by atoms with Crippen molar-refractivity contribution in [2.45, 2.75) is 25.0 Å². The Balaban J connectivity index is 1.79. The quantitative estimate of drug-likeness (QED) is 0.885. The Labute approximate surface area is 126 Å². The first-order valence-electron chi connectivity index (χ1n) is 7.01. The molecule has 1 saturated heterocycles. The number of hydrogen-bond acceptors (Lipinski definition) is 4. The van der Waals surface area contributed by atoms with Gasteiger partial charge in [-0.05, 0) is 35.9 Å². The van der Waals surface area contributed by atoms with Gasteiger partial charge in [-0.3, -0.25) is 4.79 Å². The second kappa shape index (κ2) is 6.15. The molecule has 1 N–H and O–H groups in total. The lowest BCUT2D eigenvalue weighted by atomic mass is 10.0. The van der Waals surface area contributed by atoms with Gasteiger partial charge in [-0.1, -0.05) is 12.1 Å². The van der Waals surface area contributed by atoms with E-state index in [4.69, 9.17) is 9.15 Å². The van der Waals surface area contributed by atoms with Gasteiger partial charge in [0.1, 0.15) is 17.7 Å². The fourth-order valence-corrected chi connectivity index (χ4v) is 2.44. The molecule has 1 fully saturated rings. The van der Waals surface area contributed by atoms with Crippen molar-refractivity contribution in [2.24, 2.45) is 0 Å². The van der Waals surface area contributed by atoms with E-state index >= 15 is 0 Å². The zero-order chi connectivity index (χ0) is 15.5. The van der Waals surface area contributed by atoms with Gasteiger partial charge in [0.15, 0.2) is 0 Å². The molecule has 2 atom stereocenters. The Morgan fingerprint density at radius 1 is 1.23 bits per heavy atom. The molecule has 0 bridgehead atoms. The number of carbonyl (C=O) groups excluding carboxylic acids is 1. The lowest BCUT2D eigenvalue weighted by Crippen LogP contribution is -2.31. The average Bonchev–Trinajstić information content (AvgIpc) is 2.93. The van der Waals surface area contributed by atoms with Crippen molar-refractivity contribution in [1.82, 2.24) is 0 Å². The smallest absolute Gasteiger partial charge is 0.309 e. The van der Waals surface area contributed by atoms with E-state index in [9.17, 15) is 14.3 Å². The van der Waals surface area contributed by atoms with E-state index in [-0.39, 0.29) is 12.2 Å². The second-order valence-corrected chi connectivity index (χ2v) is 5.19. The van der Waals surface area contributed by atoms with E-state index in [1.54, 1.807) is 36.6 Å². The standard InChI is InChI=1S/C17H15FO4/c18-12-3-1-11(2-4-12)15-7-8-21-16(15)6-5-14-9-13(19)10-17(20)22-14/h1-8,13-14,19H,9-10H2. The minimum absolute atomic E-state index is 0.0337. The van der Waals surface area contributed by atoms with Crippen LogP contribution in [0.5, 0.6) is 0 Å². The third-order valence-corrected chi connectivity index (χ3v) is 3.50. The summed E-state index contributed by atoms with van der Waals surface area (Å²) in [4.78, 5) is 11.3. The van der Waals surface area contributed by atoms with Gasteiger partial charge in [0.2, 0.25) is 0 Å². The Morgan fingerprint density at radius 3 is 2.73 bits per heavy atom. The highest BCUT2D eigenvalue weighted by atomic mass is 19.1. The summed E-state index contributed by atoms with van der Waals surface area (Å²) in [6.45, 7) is 0. The van der Waals surface area contributed by atoms with E-state index in [0.29, 0.717) is 12.2 Å². The number of benzene rings is 1. The summed E-state index contributed by atoms with van der Waals surface area (Å²) in [5, 5.41) is 9.57. The van der Waals surface area contributed by atoms with Gasteiger partial charge in [-0.15, -0.1) is 0 Å². The van der Waals surface area contributed by atoms with Crippen molar-refractivity contribution in [3.63, 3.8) is 0 Å². The van der Waals surface area contributed by atoms with Gasteiger partial charge in [-0.25, -0.2) is 4.39 Å². The molecule has 1 aromatic carbocycles. The molecule has 2 heterocycles. The number of aliphatic hydroxyl groups is 1. The largest absolute Gasteiger partial charge is 0.464 e. The Hall–Kier alpha value is -2.40. The van der Waals surface area contributed by atoms with Crippen molar-refractivity contribution in [3.05, 3.63) is 54.2 Å². The van der Waals surface area contributed by atoms with Crippen LogP contribution in [0.2, 0.25) is 0 Å². The number of cyclic esters (lactones) is 1. The molecule has 0 amide bonds. The highest BCUT2D eigenvalue weighted by molar-refractivity contribution is 5.73. The lowest BCUT2D eigenvalue weighted by Gasteiger charge is -2.23. The topological polar surface area (TPSA) is 59.7 Å². The average molecular weight is 302 g/mol. The lowest BCUT2D eigenvalue weighted by molar-refractivity contribution is -0.156. The summed E-state index contributed by atoms with van der Waals surface area (Å²) in [6, 6.07) is 7.89. The molecule has 0 aliphatic carbocycles. The third kappa shape index (κ3) is 3.26. The number of rotatable bonds is 3. The summed E-state index contributed by atoms with van der Waals surface area (Å²) in [6.07, 6.45) is 4.19. The molecule has 114 valence electrons. The van der Waals surface area contributed by atoms with Crippen LogP contribution in [-0.2, 0) is 9.53 Å². The molecule has 1 aliphatic heterocycles. The molecule has 4 nitrogen and oxygen atoms in total. The van der Waals surface area contributed by atoms with Gasteiger partial charge < -0.3 is 14.3 Å². The first kappa shape index (κ1) is 14.5. The second-order valence-electron chi connectivity index (χ2n) is 5.19. The molecular weight excluding hydrogens is 287 g/mol. The molecule has 3 rings (SSSR count). The number of ether oxygens (including phenoxy) is 1. The van der Waals surface area contributed by atoms with Crippen LogP contribution in [0, 0.1) is 5.82 Å². The minimum Gasteiger partial charge on any atom is -0.464 e. The van der Waals surface area contributed by atoms with Crippen molar-refractivity contribution in [2.75, 3.05) is 0 Å². The first-order chi connectivity index (χ1) is 10.6. The summed E-state index contributed by atoms with van der Waals surface area (Å²) in [7, 11) is 0. The number of furan rings is 1. The highest BCUT2D eigenvalue weighted by Crippen LogP contribution is 2.27. The van der Waals surface area contributed by atoms with Crippen molar-refractivity contribution in [1.29, 1.82) is 0 Å². The van der Waals surface area contributed by atoms with E-state index in [2.05, 4.69) is 0 Å². The Kier molecular flexibility index (Phi) is 4.06. The molecular formula is C17H15FO4. The van der Waals surface area contributed by atoms with Gasteiger partial charge in [0.25, 0.3) is 0 Å². The zero-order valence-corrected chi connectivity index (χ0v) is 11.7. The number of aliphatic hydroxyl groups excluding tert-OH is 1. The Bertz CT molecular complexity index is 687. The molecule has 0 spiro atoms. The van der Waals surface area contributed by atoms with Crippen molar-refractivity contribution >= 4 is 12.0 Å². The molecule has 2 aromatic rings. The summed E-state index contributed by atoms with van der Waals surface area (Å²) in [5.41, 5.74) is 1.65. The van der Waals surface area contributed by atoms with E-state index < -0.39 is 18.2 Å². The van der Waals surface area contributed by atoms with Crippen LogP contribution in [0.25, 0.3) is 17.2 Å². The number of esters is 1. The normalized spacial score (nSPS) is 22.0. The molecule has 1 aromatic heterocycles. The van der Waals surface area contributed by atoms with E-state index in [0.717, 1.165) is 11.1 Å². The SMILES string of the molecule is O=C1CC(O)CC(C=Cc2occc2-c2ccc(F)cc2)O1. The van der Waals surface area contributed by atoms with Gasteiger partial charge in [0.05, 0.1) is 18.8 Å². The molecule has 0 saturated carbocycles. The molecule has 22 heavy (non-hydrogen) atoms. The first-order valence-corrected chi connectivity index (χ1v) is 7.01. The third-order valence-electron chi connectivity index (χ3n) is 3.50. The number of halogens is 1. The fraction of sp³-hybridized carbons (Fsp3) is 0.235. The molecule has 5 heteroatoms. The molecule has 2 unspecified atom stereocenters. The summed E-state index contributed by atoms with van der Waals surface area (Å²) in [5.74, 6) is -0.123. The van der Waals surface area contributed by atoms with Gasteiger partial charge >= 0.3 is 5.97 Å². The van der Waals surface area contributed by atoms with Crippen LogP contribution in [0.4, 0.5) is 4.39 Å². The van der Waals surface area contributed by atoms with E-state index in [1.807, 2.05) is 0 Å². The monoisotopic (exact) mass is 302 g/mol. The van der Waals surface area contributed by atoms with Crippen LogP contribution >= 0.6 is 0 Å². The minimum atomic E-state index is -0.677. The van der Waals surface area contributed by atoms with Crippen LogP contribution in [0.1, 0.15) is 18.6 Å². The van der Waals surface area contributed by atoms with E-state index in [1.165, 1.54) is 12.1 Å². The summed E-state index contributed by atoms with van der Waals surface area (Å²) < 4.78 is 23.5. The van der Waals surface area contributed by atoms with Crippen LogP contribution < -0.4 is 0 Å². The Morgan fingerprint density at radius 2 is 2.00 bits per heavy atom. The maximum atomic E-state index is 13.0. The predicted molar refractivity (Wildman–Crippen MR) is 78.3 cm³/mol. The maximum Gasteiger partial charge on any atom is 0.309 e. The maximum absolute atomic E-state index is 13.0. The number of carbonyl (C=O) groups is 1. The van der Waals surface area contributed by atoms with Crippen molar-refractivity contribution in [3.8, 4) is 11.1 Å². The fourth-order valence-electron chi connectivity index (χ4n) is 2.44. The van der Waals surface area contributed by atoms with Crippen LogP contribution in [0.3, 0.4) is 0 Å². The number of hydrogen-bond donors (Lipinski definition) is 1. The molecule has 1 aliphatic rings. The van der Waals surface area contributed by atoms with Gasteiger partial charge in [-0.2, -0.15) is 0 Å². The molecule has 0 radical (unpaired) electrons.